The Bertz CT molecular complexity index is 395. The predicted octanol–water partition coefficient (Wildman–Crippen LogP) is 6.44. The standard InChI is InChI=1S/C17H28OSSi/c1-5-6-7-8-12-15-17(18-20(2,3)4)19-16-13-10-9-11-14-16/h9-11,13-15H,5-8,12H2,1-4H3/b17-15+. The molecule has 0 aromatic heterocycles. The Balaban J connectivity index is 2.58. The summed E-state index contributed by atoms with van der Waals surface area (Å²) in [7, 11) is -1.54. The summed E-state index contributed by atoms with van der Waals surface area (Å²) < 4.78 is 6.21. The van der Waals surface area contributed by atoms with Gasteiger partial charge in [-0.2, -0.15) is 0 Å². The van der Waals surface area contributed by atoms with Crippen LogP contribution in [-0.2, 0) is 4.43 Å². The maximum absolute atomic E-state index is 6.21. The van der Waals surface area contributed by atoms with E-state index >= 15 is 0 Å². The maximum atomic E-state index is 6.21. The Morgan fingerprint density at radius 1 is 1.10 bits per heavy atom. The first-order chi connectivity index (χ1) is 9.51. The van der Waals surface area contributed by atoms with Crippen LogP contribution < -0.4 is 0 Å². The van der Waals surface area contributed by atoms with Gasteiger partial charge in [-0.1, -0.05) is 56.1 Å². The molecule has 112 valence electrons. The Kier molecular flexibility index (Phi) is 8.08. The molecule has 3 heteroatoms. The van der Waals surface area contributed by atoms with E-state index < -0.39 is 8.32 Å². The van der Waals surface area contributed by atoms with Crippen LogP contribution in [-0.4, -0.2) is 8.32 Å². The number of unbranched alkanes of at least 4 members (excludes halogenated alkanes) is 4. The summed E-state index contributed by atoms with van der Waals surface area (Å²) in [6, 6.07) is 10.5. The zero-order chi connectivity index (χ0) is 14.8. The van der Waals surface area contributed by atoms with Gasteiger partial charge < -0.3 is 4.43 Å². The normalized spacial score (nSPS) is 12.5. The Hall–Kier alpha value is -0.673. The first kappa shape index (κ1) is 17.4. The van der Waals surface area contributed by atoms with Crippen molar-refractivity contribution in [3.05, 3.63) is 41.5 Å². The lowest BCUT2D eigenvalue weighted by Gasteiger charge is -2.21. The van der Waals surface area contributed by atoms with E-state index in [0.29, 0.717) is 0 Å². The third-order valence-corrected chi connectivity index (χ3v) is 4.68. The van der Waals surface area contributed by atoms with Gasteiger partial charge in [0.15, 0.2) is 0 Å². The molecular formula is C17H28OSSi. The molecule has 0 spiro atoms. The van der Waals surface area contributed by atoms with Gasteiger partial charge in [-0.3, -0.25) is 0 Å². The number of hydrogen-bond donors (Lipinski definition) is 0. The van der Waals surface area contributed by atoms with Crippen LogP contribution >= 0.6 is 11.8 Å². The molecule has 1 aromatic carbocycles. The minimum absolute atomic E-state index is 1.09. The monoisotopic (exact) mass is 308 g/mol. The van der Waals surface area contributed by atoms with Gasteiger partial charge in [-0.05, 0) is 50.7 Å². The molecule has 0 amide bonds. The summed E-state index contributed by atoms with van der Waals surface area (Å²) in [5.74, 6) is 0. The lowest BCUT2D eigenvalue weighted by atomic mass is 10.1. The van der Waals surface area contributed by atoms with E-state index in [1.165, 1.54) is 30.6 Å². The summed E-state index contributed by atoms with van der Waals surface area (Å²) in [5.41, 5.74) is 0. The average Bonchev–Trinajstić information content (AvgIpc) is 2.37. The van der Waals surface area contributed by atoms with Crippen molar-refractivity contribution in [1.29, 1.82) is 0 Å². The van der Waals surface area contributed by atoms with Gasteiger partial charge in [-0.15, -0.1) is 0 Å². The molecule has 0 unspecified atom stereocenters. The van der Waals surface area contributed by atoms with Crippen LogP contribution in [0.15, 0.2) is 46.4 Å². The van der Waals surface area contributed by atoms with E-state index in [9.17, 15) is 0 Å². The second-order valence-corrected chi connectivity index (χ2v) is 11.5. The second-order valence-electron chi connectivity index (χ2n) is 6.00. The van der Waals surface area contributed by atoms with Gasteiger partial charge in [0, 0.05) is 4.90 Å². The van der Waals surface area contributed by atoms with Crippen LogP contribution in [0.5, 0.6) is 0 Å². The highest BCUT2D eigenvalue weighted by Gasteiger charge is 2.18. The molecule has 0 heterocycles. The Morgan fingerprint density at radius 3 is 2.40 bits per heavy atom. The third-order valence-electron chi connectivity index (χ3n) is 2.74. The zero-order valence-electron chi connectivity index (χ0n) is 13.3. The van der Waals surface area contributed by atoms with Gasteiger partial charge in [0.25, 0.3) is 0 Å². The molecule has 0 N–H and O–H groups in total. The van der Waals surface area contributed by atoms with Gasteiger partial charge in [-0.25, -0.2) is 0 Å². The van der Waals surface area contributed by atoms with E-state index in [-0.39, 0.29) is 0 Å². The van der Waals surface area contributed by atoms with Crippen molar-refractivity contribution >= 4 is 20.1 Å². The van der Waals surface area contributed by atoms with Gasteiger partial charge in [0.05, 0.1) is 0 Å². The summed E-state index contributed by atoms with van der Waals surface area (Å²) in [4.78, 5) is 1.26. The zero-order valence-corrected chi connectivity index (χ0v) is 15.1. The molecule has 0 radical (unpaired) electrons. The summed E-state index contributed by atoms with van der Waals surface area (Å²) in [6.07, 6.45) is 8.63. The van der Waals surface area contributed by atoms with Crippen LogP contribution in [0, 0.1) is 0 Å². The lowest BCUT2D eigenvalue weighted by Crippen LogP contribution is -2.24. The van der Waals surface area contributed by atoms with E-state index in [1.54, 1.807) is 11.8 Å². The van der Waals surface area contributed by atoms with E-state index in [2.05, 4.69) is 63.0 Å². The largest absolute Gasteiger partial charge is 0.540 e. The number of thioether (sulfide) groups is 1. The van der Waals surface area contributed by atoms with Gasteiger partial charge in [0.1, 0.15) is 5.09 Å². The average molecular weight is 309 g/mol. The molecule has 0 saturated carbocycles. The van der Waals surface area contributed by atoms with Crippen molar-refractivity contribution in [2.45, 2.75) is 63.6 Å². The summed E-state index contributed by atoms with van der Waals surface area (Å²) in [5, 5.41) is 1.09. The number of hydrogen-bond acceptors (Lipinski definition) is 2. The first-order valence-electron chi connectivity index (χ1n) is 7.63. The molecule has 0 aliphatic heterocycles. The van der Waals surface area contributed by atoms with Crippen LogP contribution in [0.4, 0.5) is 0 Å². The van der Waals surface area contributed by atoms with Gasteiger partial charge in [0.2, 0.25) is 8.32 Å². The van der Waals surface area contributed by atoms with E-state index in [0.717, 1.165) is 11.5 Å². The van der Waals surface area contributed by atoms with Crippen molar-refractivity contribution in [2.24, 2.45) is 0 Å². The first-order valence-corrected chi connectivity index (χ1v) is 11.9. The highest BCUT2D eigenvalue weighted by molar-refractivity contribution is 8.03. The van der Waals surface area contributed by atoms with Crippen molar-refractivity contribution in [3.63, 3.8) is 0 Å². The molecule has 0 fully saturated rings. The Labute approximate surface area is 129 Å². The minimum Gasteiger partial charge on any atom is -0.540 e. The topological polar surface area (TPSA) is 9.23 Å². The molecule has 0 aliphatic carbocycles. The van der Waals surface area contributed by atoms with Crippen LogP contribution in [0.2, 0.25) is 19.6 Å². The quantitative estimate of drug-likeness (QED) is 0.224. The predicted molar refractivity (Wildman–Crippen MR) is 93.6 cm³/mol. The summed E-state index contributed by atoms with van der Waals surface area (Å²) >= 11 is 1.75. The lowest BCUT2D eigenvalue weighted by molar-refractivity contribution is 0.460. The molecule has 1 nitrogen and oxygen atoms in total. The van der Waals surface area contributed by atoms with Crippen molar-refractivity contribution in [3.8, 4) is 0 Å². The molecule has 1 aromatic rings. The molecule has 0 bridgehead atoms. The fourth-order valence-corrected chi connectivity index (χ4v) is 4.13. The highest BCUT2D eigenvalue weighted by Crippen LogP contribution is 2.30. The molecule has 1 rings (SSSR count). The van der Waals surface area contributed by atoms with Crippen molar-refractivity contribution in [2.75, 3.05) is 0 Å². The molecule has 0 aliphatic rings. The van der Waals surface area contributed by atoms with Crippen LogP contribution in [0.25, 0.3) is 0 Å². The summed E-state index contributed by atoms with van der Waals surface area (Å²) in [6.45, 7) is 8.97. The molecule has 0 atom stereocenters. The SMILES string of the molecule is CCCCCC/C=C(\O[Si](C)(C)C)Sc1ccccc1. The van der Waals surface area contributed by atoms with E-state index in [4.69, 9.17) is 4.43 Å². The second kappa shape index (κ2) is 9.30. The van der Waals surface area contributed by atoms with Crippen LogP contribution in [0.1, 0.15) is 39.0 Å². The van der Waals surface area contributed by atoms with Gasteiger partial charge >= 0.3 is 0 Å². The number of rotatable bonds is 9. The molecular weight excluding hydrogens is 280 g/mol. The fourth-order valence-electron chi connectivity index (χ4n) is 1.80. The molecule has 0 saturated heterocycles. The smallest absolute Gasteiger partial charge is 0.242 e. The minimum atomic E-state index is -1.54. The maximum Gasteiger partial charge on any atom is 0.242 e. The third kappa shape index (κ3) is 8.49. The van der Waals surface area contributed by atoms with Crippen molar-refractivity contribution < 1.29 is 4.43 Å². The molecule has 20 heavy (non-hydrogen) atoms. The van der Waals surface area contributed by atoms with E-state index in [1.807, 2.05) is 0 Å². The van der Waals surface area contributed by atoms with Crippen LogP contribution in [0.3, 0.4) is 0 Å². The highest BCUT2D eigenvalue weighted by atomic mass is 32.2. The van der Waals surface area contributed by atoms with Crippen molar-refractivity contribution in [1.82, 2.24) is 0 Å². The number of benzene rings is 1. The Morgan fingerprint density at radius 2 is 1.80 bits per heavy atom. The number of allylic oxidation sites excluding steroid dienone is 1. The fraction of sp³-hybridized carbons (Fsp3) is 0.529.